The van der Waals surface area contributed by atoms with Crippen LogP contribution in [0.15, 0.2) is 30.6 Å². The Hall–Kier alpha value is -2.34. The van der Waals surface area contributed by atoms with Gasteiger partial charge in [0.1, 0.15) is 5.75 Å². The van der Waals surface area contributed by atoms with E-state index in [1.165, 1.54) is 0 Å². The summed E-state index contributed by atoms with van der Waals surface area (Å²) in [7, 11) is 0. The fraction of sp³-hybridized carbons (Fsp3) is 0.286. The Morgan fingerprint density at radius 1 is 1.50 bits per heavy atom. The van der Waals surface area contributed by atoms with Crippen molar-refractivity contribution in [2.24, 2.45) is 0 Å². The first-order valence-corrected chi connectivity index (χ1v) is 6.50. The highest BCUT2D eigenvalue weighted by molar-refractivity contribution is 5.95. The number of anilines is 1. The lowest BCUT2D eigenvalue weighted by Gasteiger charge is -2.20. The molecule has 6 nitrogen and oxygen atoms in total. The second kappa shape index (κ2) is 5.34. The number of amides is 1. The molecule has 0 spiro atoms. The monoisotopic (exact) mass is 272 g/mol. The zero-order chi connectivity index (χ0) is 13.9. The molecule has 0 bridgehead atoms. The van der Waals surface area contributed by atoms with E-state index in [0.717, 1.165) is 29.1 Å². The molecular weight excluding hydrogens is 256 g/mol. The van der Waals surface area contributed by atoms with E-state index in [9.17, 15) is 4.79 Å². The maximum atomic E-state index is 11.3. The third-order valence-electron chi connectivity index (χ3n) is 3.30. The Morgan fingerprint density at radius 2 is 2.40 bits per heavy atom. The first-order valence-electron chi connectivity index (χ1n) is 6.50. The Balaban J connectivity index is 1.70. The highest BCUT2D eigenvalue weighted by Crippen LogP contribution is 2.30. The van der Waals surface area contributed by atoms with Gasteiger partial charge in [0, 0.05) is 24.3 Å². The average molecular weight is 272 g/mol. The lowest BCUT2D eigenvalue weighted by molar-refractivity contribution is -0.118. The normalized spacial score (nSPS) is 15.2. The van der Waals surface area contributed by atoms with Gasteiger partial charge in [-0.2, -0.15) is 5.10 Å². The predicted molar refractivity (Wildman–Crippen MR) is 74.4 cm³/mol. The SMILES string of the molecule is CC(NCc1cn[nH]c1)c1ccc2c(c1)NC(=O)CO2. The van der Waals surface area contributed by atoms with Crippen LogP contribution in [0, 0.1) is 0 Å². The van der Waals surface area contributed by atoms with Gasteiger partial charge in [-0.25, -0.2) is 0 Å². The third-order valence-corrected chi connectivity index (χ3v) is 3.30. The van der Waals surface area contributed by atoms with E-state index in [0.29, 0.717) is 0 Å². The van der Waals surface area contributed by atoms with Gasteiger partial charge in [0.25, 0.3) is 5.91 Å². The van der Waals surface area contributed by atoms with Gasteiger partial charge >= 0.3 is 0 Å². The molecule has 3 rings (SSSR count). The number of benzene rings is 1. The van der Waals surface area contributed by atoms with Crippen LogP contribution in [0.25, 0.3) is 0 Å². The standard InChI is InChI=1S/C14H16N4O2/c1-9(15-5-10-6-16-17-7-10)11-2-3-13-12(4-11)18-14(19)8-20-13/h2-4,6-7,9,15H,5,8H2,1H3,(H,16,17)(H,18,19). The zero-order valence-electron chi connectivity index (χ0n) is 11.1. The van der Waals surface area contributed by atoms with Gasteiger partial charge in [-0.3, -0.25) is 9.89 Å². The minimum atomic E-state index is -0.117. The second-order valence-electron chi connectivity index (χ2n) is 4.80. The maximum Gasteiger partial charge on any atom is 0.262 e. The smallest absolute Gasteiger partial charge is 0.262 e. The summed E-state index contributed by atoms with van der Waals surface area (Å²) in [4.78, 5) is 11.3. The number of hydrogen-bond acceptors (Lipinski definition) is 4. The topological polar surface area (TPSA) is 79.0 Å². The molecule has 0 fully saturated rings. The van der Waals surface area contributed by atoms with Gasteiger partial charge < -0.3 is 15.4 Å². The molecule has 1 amide bonds. The summed E-state index contributed by atoms with van der Waals surface area (Å²) in [6.07, 6.45) is 3.65. The van der Waals surface area contributed by atoms with Gasteiger partial charge in [0.15, 0.2) is 6.61 Å². The quantitative estimate of drug-likeness (QED) is 0.789. The Kier molecular flexibility index (Phi) is 3.39. The molecule has 1 atom stereocenters. The number of rotatable bonds is 4. The number of nitrogens with zero attached hydrogens (tertiary/aromatic N) is 1. The van der Waals surface area contributed by atoms with Crippen molar-refractivity contribution in [3.05, 3.63) is 41.7 Å². The molecule has 1 aromatic carbocycles. The van der Waals surface area contributed by atoms with Crippen molar-refractivity contribution in [2.75, 3.05) is 11.9 Å². The number of nitrogens with one attached hydrogen (secondary N) is 3. The van der Waals surface area contributed by atoms with Crippen molar-refractivity contribution < 1.29 is 9.53 Å². The third kappa shape index (κ3) is 2.65. The Morgan fingerprint density at radius 3 is 3.20 bits per heavy atom. The number of aromatic amines is 1. The fourth-order valence-electron chi connectivity index (χ4n) is 2.13. The van der Waals surface area contributed by atoms with Gasteiger partial charge in [0.2, 0.25) is 0 Å². The second-order valence-corrected chi connectivity index (χ2v) is 4.80. The van der Waals surface area contributed by atoms with Gasteiger partial charge in [-0.05, 0) is 24.6 Å². The van der Waals surface area contributed by atoms with Gasteiger partial charge in [-0.1, -0.05) is 6.07 Å². The molecule has 1 aliphatic heterocycles. The van der Waals surface area contributed by atoms with Crippen LogP contribution in [-0.2, 0) is 11.3 Å². The van der Waals surface area contributed by atoms with Crippen molar-refractivity contribution in [3.63, 3.8) is 0 Å². The minimum absolute atomic E-state index is 0.0840. The van der Waals surface area contributed by atoms with E-state index < -0.39 is 0 Å². The Labute approximate surface area is 116 Å². The molecule has 1 aliphatic rings. The van der Waals surface area contributed by atoms with Crippen LogP contribution < -0.4 is 15.4 Å². The van der Waals surface area contributed by atoms with E-state index in [-0.39, 0.29) is 18.6 Å². The molecular formula is C14H16N4O2. The number of fused-ring (bicyclic) bond motifs is 1. The molecule has 2 heterocycles. The lowest BCUT2D eigenvalue weighted by atomic mass is 10.1. The van der Waals surface area contributed by atoms with Crippen LogP contribution in [-0.4, -0.2) is 22.7 Å². The Bertz CT molecular complexity index is 610. The summed E-state index contributed by atoms with van der Waals surface area (Å²) < 4.78 is 5.34. The zero-order valence-corrected chi connectivity index (χ0v) is 11.1. The summed E-state index contributed by atoms with van der Waals surface area (Å²) in [6, 6.07) is 6.00. The van der Waals surface area contributed by atoms with Crippen LogP contribution in [0.4, 0.5) is 5.69 Å². The van der Waals surface area contributed by atoms with E-state index in [2.05, 4.69) is 27.8 Å². The summed E-state index contributed by atoms with van der Waals surface area (Å²) in [5, 5.41) is 12.9. The van der Waals surface area contributed by atoms with Crippen LogP contribution in [0.1, 0.15) is 24.1 Å². The lowest BCUT2D eigenvalue weighted by Crippen LogP contribution is -2.26. The number of carbonyl (C=O) groups is 1. The molecule has 20 heavy (non-hydrogen) atoms. The van der Waals surface area contributed by atoms with E-state index >= 15 is 0 Å². The average Bonchev–Trinajstić information content (AvgIpc) is 2.97. The maximum absolute atomic E-state index is 11.3. The van der Waals surface area contributed by atoms with Crippen LogP contribution in [0.3, 0.4) is 0 Å². The van der Waals surface area contributed by atoms with Crippen molar-refractivity contribution in [3.8, 4) is 5.75 Å². The van der Waals surface area contributed by atoms with Crippen LogP contribution >= 0.6 is 0 Å². The van der Waals surface area contributed by atoms with Crippen LogP contribution in [0.2, 0.25) is 0 Å². The number of H-pyrrole nitrogens is 1. The van der Waals surface area contributed by atoms with E-state index in [1.807, 2.05) is 24.4 Å². The number of hydrogen-bond donors (Lipinski definition) is 3. The predicted octanol–water partition coefficient (Wildman–Crippen LogP) is 1.59. The number of aromatic nitrogens is 2. The summed E-state index contributed by atoms with van der Waals surface area (Å²) >= 11 is 0. The molecule has 3 N–H and O–H groups in total. The molecule has 1 aromatic heterocycles. The van der Waals surface area contributed by atoms with Crippen molar-refractivity contribution in [1.29, 1.82) is 0 Å². The van der Waals surface area contributed by atoms with Crippen molar-refractivity contribution in [2.45, 2.75) is 19.5 Å². The first kappa shape index (κ1) is 12.7. The first-order chi connectivity index (χ1) is 9.72. The van der Waals surface area contributed by atoms with Gasteiger partial charge in [-0.15, -0.1) is 0 Å². The highest BCUT2D eigenvalue weighted by Gasteiger charge is 2.17. The minimum Gasteiger partial charge on any atom is -0.482 e. The summed E-state index contributed by atoms with van der Waals surface area (Å²) in [6.45, 7) is 2.89. The van der Waals surface area contributed by atoms with Gasteiger partial charge in [0.05, 0.1) is 11.9 Å². The highest BCUT2D eigenvalue weighted by atomic mass is 16.5. The summed E-state index contributed by atoms with van der Waals surface area (Å²) in [5.74, 6) is 0.601. The van der Waals surface area contributed by atoms with Crippen LogP contribution in [0.5, 0.6) is 5.75 Å². The van der Waals surface area contributed by atoms with E-state index in [1.54, 1.807) is 6.20 Å². The molecule has 0 saturated heterocycles. The van der Waals surface area contributed by atoms with E-state index in [4.69, 9.17) is 4.74 Å². The summed E-state index contributed by atoms with van der Waals surface area (Å²) in [5.41, 5.74) is 2.93. The molecule has 2 aromatic rings. The largest absolute Gasteiger partial charge is 0.482 e. The number of carbonyl (C=O) groups excluding carboxylic acids is 1. The molecule has 0 saturated carbocycles. The fourth-order valence-corrected chi connectivity index (χ4v) is 2.13. The molecule has 0 radical (unpaired) electrons. The molecule has 1 unspecified atom stereocenters. The molecule has 6 heteroatoms. The van der Waals surface area contributed by atoms with Crippen molar-refractivity contribution >= 4 is 11.6 Å². The molecule has 104 valence electrons. The number of ether oxygens (including phenoxy) is 1. The van der Waals surface area contributed by atoms with Crippen molar-refractivity contribution in [1.82, 2.24) is 15.5 Å². The molecule has 0 aliphatic carbocycles.